The van der Waals surface area contributed by atoms with Crippen LogP contribution in [0.3, 0.4) is 0 Å². The van der Waals surface area contributed by atoms with Gasteiger partial charge in [0, 0.05) is 13.0 Å². The van der Waals surface area contributed by atoms with Gasteiger partial charge in [0.25, 0.3) is 8.32 Å². The number of rotatable bonds is 14. The van der Waals surface area contributed by atoms with E-state index in [0.717, 1.165) is 38.7 Å². The summed E-state index contributed by atoms with van der Waals surface area (Å²) in [5, 5.41) is 12.9. The van der Waals surface area contributed by atoms with E-state index in [4.69, 9.17) is 4.43 Å². The Kier molecular flexibility index (Phi) is 12.1. The average molecular weight is 545 g/mol. The lowest BCUT2D eigenvalue weighted by molar-refractivity contribution is -0.127. The van der Waals surface area contributed by atoms with E-state index < -0.39 is 14.4 Å². The van der Waals surface area contributed by atoms with Crippen LogP contribution in [0.2, 0.25) is 5.04 Å². The maximum atomic E-state index is 12.4. The van der Waals surface area contributed by atoms with Gasteiger partial charge in [-0.25, -0.2) is 0 Å². The number of carbonyl (C=O) groups excluding carboxylic acids is 1. The van der Waals surface area contributed by atoms with Crippen molar-refractivity contribution in [3.05, 3.63) is 60.7 Å². The molecule has 1 atom stereocenters. The zero-order valence-corrected chi connectivity index (χ0v) is 24.9. The lowest BCUT2D eigenvalue weighted by Crippen LogP contribution is -2.66. The number of aliphatic hydroxyl groups is 1. The van der Waals surface area contributed by atoms with Crippen LogP contribution in [0.5, 0.6) is 0 Å². The number of unbranched alkanes of at least 4 members (excludes halogenated alkanes) is 3. The summed E-state index contributed by atoms with van der Waals surface area (Å²) in [6.07, 6.45) is 6.38. The SMILES string of the molecule is CC(C)(C)[Si](OCCCCCCC(=O)C(O)CCC1SCCCS1)(c1ccccc1)c1ccccc1. The van der Waals surface area contributed by atoms with Gasteiger partial charge in [0.05, 0.1) is 4.58 Å². The molecule has 0 aliphatic carbocycles. The second kappa shape index (κ2) is 14.8. The summed E-state index contributed by atoms with van der Waals surface area (Å²) in [5.41, 5.74) is 0. The van der Waals surface area contributed by atoms with Gasteiger partial charge in [-0.3, -0.25) is 4.79 Å². The van der Waals surface area contributed by atoms with E-state index in [-0.39, 0.29) is 10.8 Å². The van der Waals surface area contributed by atoms with Crippen LogP contribution in [0.1, 0.15) is 72.1 Å². The van der Waals surface area contributed by atoms with Crippen LogP contribution in [0.15, 0.2) is 60.7 Å². The third kappa shape index (κ3) is 8.22. The van der Waals surface area contributed by atoms with E-state index in [1.165, 1.54) is 28.3 Å². The zero-order valence-electron chi connectivity index (χ0n) is 22.3. The van der Waals surface area contributed by atoms with Crippen LogP contribution in [0.4, 0.5) is 0 Å². The molecule has 1 fully saturated rings. The van der Waals surface area contributed by atoms with E-state index >= 15 is 0 Å². The summed E-state index contributed by atoms with van der Waals surface area (Å²) in [5.74, 6) is 2.44. The summed E-state index contributed by atoms with van der Waals surface area (Å²) in [4.78, 5) is 12.4. The van der Waals surface area contributed by atoms with Gasteiger partial charge in [-0.1, -0.05) is 94.3 Å². The van der Waals surface area contributed by atoms with Crippen molar-refractivity contribution in [3.8, 4) is 0 Å². The highest BCUT2D eigenvalue weighted by atomic mass is 32.2. The fourth-order valence-corrected chi connectivity index (χ4v) is 12.6. The molecule has 1 aliphatic heterocycles. The number of thioether (sulfide) groups is 2. The molecule has 198 valence electrons. The second-order valence-corrected chi connectivity index (χ2v) is 18.0. The van der Waals surface area contributed by atoms with Gasteiger partial charge >= 0.3 is 0 Å². The smallest absolute Gasteiger partial charge is 0.261 e. The molecule has 1 heterocycles. The predicted octanol–water partition coefficient (Wildman–Crippen LogP) is 6.42. The topological polar surface area (TPSA) is 46.5 Å². The maximum absolute atomic E-state index is 12.4. The fourth-order valence-electron chi connectivity index (χ4n) is 5.07. The Morgan fingerprint density at radius 3 is 2.06 bits per heavy atom. The molecule has 0 spiro atoms. The van der Waals surface area contributed by atoms with Crippen LogP contribution in [-0.4, -0.2) is 48.0 Å². The van der Waals surface area contributed by atoms with Crippen LogP contribution in [0.25, 0.3) is 0 Å². The molecular formula is C30H44O3S2Si. The lowest BCUT2D eigenvalue weighted by atomic mass is 10.0. The molecule has 36 heavy (non-hydrogen) atoms. The van der Waals surface area contributed by atoms with E-state index in [9.17, 15) is 9.90 Å². The van der Waals surface area contributed by atoms with Crippen molar-refractivity contribution in [2.24, 2.45) is 0 Å². The molecule has 1 aliphatic rings. The third-order valence-electron chi connectivity index (χ3n) is 7.00. The average Bonchev–Trinajstić information content (AvgIpc) is 2.89. The minimum Gasteiger partial charge on any atom is -0.407 e. The van der Waals surface area contributed by atoms with Gasteiger partial charge in [-0.05, 0) is 59.0 Å². The Morgan fingerprint density at radius 2 is 1.50 bits per heavy atom. The molecule has 0 radical (unpaired) electrons. The Morgan fingerprint density at radius 1 is 0.944 bits per heavy atom. The van der Waals surface area contributed by atoms with Gasteiger partial charge in [0.1, 0.15) is 6.10 Å². The Balaban J connectivity index is 1.45. The molecule has 0 amide bonds. The summed E-state index contributed by atoms with van der Waals surface area (Å²) < 4.78 is 7.50. The first-order chi connectivity index (χ1) is 17.3. The first kappa shape index (κ1) is 29.5. The van der Waals surface area contributed by atoms with Gasteiger partial charge in [-0.15, -0.1) is 23.5 Å². The van der Waals surface area contributed by atoms with Gasteiger partial charge in [0.15, 0.2) is 5.78 Å². The second-order valence-electron chi connectivity index (χ2n) is 10.8. The third-order valence-corrected chi connectivity index (χ3v) is 15.1. The first-order valence-electron chi connectivity index (χ1n) is 13.5. The Hall–Kier alpha value is -1.05. The van der Waals surface area contributed by atoms with Crippen LogP contribution in [0, 0.1) is 0 Å². The van der Waals surface area contributed by atoms with Crippen molar-refractivity contribution in [1.29, 1.82) is 0 Å². The summed E-state index contributed by atoms with van der Waals surface area (Å²) in [7, 11) is -2.46. The van der Waals surface area contributed by atoms with E-state index in [1.54, 1.807) is 0 Å². The molecule has 1 N–H and O–H groups in total. The molecular weight excluding hydrogens is 501 g/mol. The quantitative estimate of drug-likeness (QED) is 0.220. The number of ketones is 1. The molecule has 0 saturated carbocycles. The van der Waals surface area contributed by atoms with Gasteiger partial charge < -0.3 is 9.53 Å². The van der Waals surface area contributed by atoms with Crippen LogP contribution >= 0.6 is 23.5 Å². The summed E-state index contributed by atoms with van der Waals surface area (Å²) in [6, 6.07) is 21.5. The van der Waals surface area contributed by atoms with Crippen molar-refractivity contribution in [2.45, 2.75) is 87.9 Å². The predicted molar refractivity (Wildman–Crippen MR) is 160 cm³/mol. The summed E-state index contributed by atoms with van der Waals surface area (Å²) in [6.45, 7) is 7.64. The van der Waals surface area contributed by atoms with Crippen molar-refractivity contribution in [1.82, 2.24) is 0 Å². The molecule has 2 aromatic carbocycles. The molecule has 1 saturated heterocycles. The minimum absolute atomic E-state index is 0.00704. The van der Waals surface area contributed by atoms with Crippen molar-refractivity contribution in [3.63, 3.8) is 0 Å². The Labute approximate surface area is 228 Å². The number of hydrogen-bond acceptors (Lipinski definition) is 5. The minimum atomic E-state index is -2.46. The maximum Gasteiger partial charge on any atom is 0.261 e. The van der Waals surface area contributed by atoms with Gasteiger partial charge in [0.2, 0.25) is 0 Å². The van der Waals surface area contributed by atoms with Crippen molar-refractivity contribution >= 4 is 48.0 Å². The largest absolute Gasteiger partial charge is 0.407 e. The molecule has 3 rings (SSSR count). The zero-order chi connectivity index (χ0) is 25.9. The van der Waals surface area contributed by atoms with Crippen molar-refractivity contribution < 1.29 is 14.3 Å². The highest BCUT2D eigenvalue weighted by Crippen LogP contribution is 2.37. The monoisotopic (exact) mass is 544 g/mol. The molecule has 1 unspecified atom stereocenters. The highest BCUT2D eigenvalue weighted by molar-refractivity contribution is 8.17. The Bertz CT molecular complexity index is 856. The molecule has 2 aromatic rings. The molecule has 6 heteroatoms. The van der Waals surface area contributed by atoms with Crippen molar-refractivity contribution in [2.75, 3.05) is 18.1 Å². The normalized spacial score (nSPS) is 16.1. The molecule has 0 bridgehead atoms. The number of Topliss-reactive ketones (excluding diaryl/α,β-unsaturated/α-hetero) is 1. The number of hydrogen-bond donors (Lipinski definition) is 1. The number of benzene rings is 2. The van der Waals surface area contributed by atoms with E-state index in [2.05, 4.69) is 81.4 Å². The number of aliphatic hydroxyl groups excluding tert-OH is 1. The first-order valence-corrected chi connectivity index (χ1v) is 17.5. The standard InChI is InChI=1S/C30H44O3S2Si/c1-30(2,3)36(25-15-8-6-9-16-25,26-17-10-7-11-18-26)33-22-13-5-4-12-19-27(31)28(32)20-21-29-34-23-14-24-35-29/h6-11,15-18,28-29,32H,4-5,12-14,19-24H2,1-3H3. The van der Waals surface area contributed by atoms with E-state index in [1.807, 2.05) is 23.5 Å². The van der Waals surface area contributed by atoms with Crippen LogP contribution in [-0.2, 0) is 9.22 Å². The molecule has 0 aromatic heterocycles. The van der Waals surface area contributed by atoms with Crippen LogP contribution < -0.4 is 10.4 Å². The highest BCUT2D eigenvalue weighted by Gasteiger charge is 2.49. The van der Waals surface area contributed by atoms with Gasteiger partial charge in [-0.2, -0.15) is 0 Å². The molecule has 3 nitrogen and oxygen atoms in total. The lowest BCUT2D eigenvalue weighted by Gasteiger charge is -2.43. The number of carbonyl (C=O) groups is 1. The fraction of sp³-hybridized carbons (Fsp3) is 0.567. The van der Waals surface area contributed by atoms with E-state index in [0.29, 0.717) is 17.4 Å². The summed E-state index contributed by atoms with van der Waals surface area (Å²) >= 11 is 3.96.